The molecule has 0 unspecified atom stereocenters. The molecule has 0 aromatic heterocycles. The summed E-state index contributed by atoms with van der Waals surface area (Å²) >= 11 is 0. The quantitative estimate of drug-likeness (QED) is 0.338. The van der Waals surface area contributed by atoms with Crippen LogP contribution in [0, 0.1) is 0 Å². The third-order valence-corrected chi connectivity index (χ3v) is 7.79. The molecule has 0 saturated heterocycles. The van der Waals surface area contributed by atoms with Gasteiger partial charge in [-0.25, -0.2) is 9.98 Å². The average molecular weight is 485 g/mol. The zero-order chi connectivity index (χ0) is 24.3. The molecule has 2 aliphatic carbocycles. The lowest BCUT2D eigenvalue weighted by Gasteiger charge is -2.15. The summed E-state index contributed by atoms with van der Waals surface area (Å²) in [6, 6.07) is 32.9. The Balaban J connectivity index is 1.11. The second kappa shape index (κ2) is 8.07. The monoisotopic (exact) mass is 484 g/mol. The van der Waals surface area contributed by atoms with Gasteiger partial charge in [0.05, 0.1) is 11.1 Å². The first kappa shape index (κ1) is 20.8. The molecule has 4 aromatic rings. The number of benzene rings is 4. The van der Waals surface area contributed by atoms with E-state index in [9.17, 15) is 0 Å². The van der Waals surface area contributed by atoms with Crippen molar-refractivity contribution in [1.82, 2.24) is 0 Å². The van der Waals surface area contributed by atoms with E-state index in [0.29, 0.717) is 23.3 Å². The minimum Gasteiger partial charge on any atom is -0.471 e. The van der Waals surface area contributed by atoms with Gasteiger partial charge < -0.3 is 14.2 Å². The summed E-state index contributed by atoms with van der Waals surface area (Å²) < 4.78 is 19.3. The number of aliphatic imine (C=N–C) groups is 2. The fourth-order valence-electron chi connectivity index (χ4n) is 6.04. The largest absolute Gasteiger partial charge is 0.471 e. The van der Waals surface area contributed by atoms with Crippen LogP contribution in [0.15, 0.2) is 107 Å². The van der Waals surface area contributed by atoms with Crippen LogP contribution in [0.1, 0.15) is 45.5 Å². The normalized spacial score (nSPS) is 24.2. The Kier molecular flexibility index (Phi) is 4.53. The second-order valence-corrected chi connectivity index (χ2v) is 9.97. The lowest BCUT2D eigenvalue weighted by Crippen LogP contribution is -2.14. The van der Waals surface area contributed by atoms with Crippen LogP contribution in [0.4, 0.5) is 0 Å². The van der Waals surface area contributed by atoms with Gasteiger partial charge in [-0.1, -0.05) is 72.8 Å². The molecule has 4 atom stereocenters. The van der Waals surface area contributed by atoms with Gasteiger partial charge >= 0.3 is 0 Å². The van der Waals surface area contributed by atoms with Gasteiger partial charge in [-0.2, -0.15) is 0 Å². The van der Waals surface area contributed by atoms with Gasteiger partial charge in [0.1, 0.15) is 35.8 Å². The van der Waals surface area contributed by atoms with E-state index in [0.717, 1.165) is 24.0 Å². The molecule has 0 fully saturated rings. The maximum atomic E-state index is 6.53. The highest BCUT2D eigenvalue weighted by Crippen LogP contribution is 2.44. The minimum atomic E-state index is 0.0371. The van der Waals surface area contributed by atoms with Crippen LogP contribution in [-0.2, 0) is 22.3 Å². The molecule has 5 nitrogen and oxygen atoms in total. The Morgan fingerprint density at radius 2 is 0.973 bits per heavy atom. The Hall–Kier alpha value is -4.38. The number of nitrogens with zero attached hydrogens (tertiary/aromatic N) is 2. The molecular formula is C32H24N2O3. The standard InChI is InChI=1S/C32H24N2O3/c1-3-11-21-19(9-1)17-27-29(21)33-31(36-27)23-13-5-7-15-25(23)35-26-16-8-6-14-24(26)32-34-30-22-12-4-2-10-20(22)18-28(30)37-32/h1-16,27-30H,17-18H2/t27-,28-,29+,30+/m0/s1. The van der Waals surface area contributed by atoms with E-state index < -0.39 is 0 Å². The van der Waals surface area contributed by atoms with Crippen molar-refractivity contribution in [2.75, 3.05) is 0 Å². The highest BCUT2D eigenvalue weighted by atomic mass is 16.5. The molecule has 2 heterocycles. The molecule has 0 spiro atoms. The van der Waals surface area contributed by atoms with Crippen LogP contribution in [0.5, 0.6) is 11.5 Å². The van der Waals surface area contributed by atoms with Gasteiger partial charge in [0.25, 0.3) is 0 Å². The van der Waals surface area contributed by atoms with E-state index in [2.05, 4.69) is 48.5 Å². The van der Waals surface area contributed by atoms with Gasteiger partial charge in [-0.3, -0.25) is 0 Å². The fraction of sp³-hybridized carbons (Fsp3) is 0.188. The Bertz CT molecular complexity index is 1490. The minimum absolute atomic E-state index is 0.0371. The van der Waals surface area contributed by atoms with Crippen LogP contribution in [0.2, 0.25) is 0 Å². The number of rotatable bonds is 4. The molecule has 0 bridgehead atoms. The molecule has 0 amide bonds. The van der Waals surface area contributed by atoms with Crippen LogP contribution in [-0.4, -0.2) is 24.0 Å². The van der Waals surface area contributed by atoms with E-state index >= 15 is 0 Å². The molecule has 180 valence electrons. The van der Waals surface area contributed by atoms with Crippen molar-refractivity contribution in [3.05, 3.63) is 130 Å². The average Bonchev–Trinajstić information content (AvgIpc) is 3.68. The van der Waals surface area contributed by atoms with Crippen LogP contribution < -0.4 is 4.74 Å². The number of hydrogen-bond donors (Lipinski definition) is 0. The molecule has 0 saturated carbocycles. The summed E-state index contributed by atoms with van der Waals surface area (Å²) in [4.78, 5) is 9.98. The zero-order valence-corrected chi connectivity index (χ0v) is 20.1. The number of hydrogen-bond acceptors (Lipinski definition) is 5. The smallest absolute Gasteiger partial charge is 0.221 e. The summed E-state index contributed by atoms with van der Waals surface area (Å²) in [5.74, 6) is 2.67. The Morgan fingerprint density at radius 3 is 1.49 bits per heavy atom. The van der Waals surface area contributed by atoms with Crippen molar-refractivity contribution in [1.29, 1.82) is 0 Å². The van der Waals surface area contributed by atoms with Crippen molar-refractivity contribution in [2.24, 2.45) is 9.98 Å². The molecular weight excluding hydrogens is 460 g/mol. The third-order valence-electron chi connectivity index (χ3n) is 7.79. The molecule has 0 radical (unpaired) electrons. The van der Waals surface area contributed by atoms with Gasteiger partial charge in [-0.05, 0) is 46.5 Å². The lowest BCUT2D eigenvalue weighted by atomic mass is 10.1. The van der Waals surface area contributed by atoms with Crippen molar-refractivity contribution >= 4 is 11.8 Å². The maximum Gasteiger partial charge on any atom is 0.221 e. The molecule has 2 aliphatic heterocycles. The Morgan fingerprint density at radius 1 is 0.541 bits per heavy atom. The molecule has 0 N–H and O–H groups in total. The van der Waals surface area contributed by atoms with Gasteiger partial charge in [0, 0.05) is 12.8 Å². The van der Waals surface area contributed by atoms with Crippen LogP contribution in [0.25, 0.3) is 0 Å². The predicted octanol–water partition coefficient (Wildman–Crippen LogP) is 6.36. The number of para-hydroxylation sites is 2. The topological polar surface area (TPSA) is 52.4 Å². The van der Waals surface area contributed by atoms with Crippen LogP contribution in [0.3, 0.4) is 0 Å². The zero-order valence-electron chi connectivity index (χ0n) is 20.1. The van der Waals surface area contributed by atoms with Gasteiger partial charge in [0.15, 0.2) is 0 Å². The predicted molar refractivity (Wildman–Crippen MR) is 142 cm³/mol. The van der Waals surface area contributed by atoms with E-state index in [4.69, 9.17) is 24.2 Å². The van der Waals surface area contributed by atoms with Crippen molar-refractivity contribution in [2.45, 2.75) is 37.1 Å². The summed E-state index contributed by atoms with van der Waals surface area (Å²) in [5.41, 5.74) is 6.87. The number of ether oxygens (including phenoxy) is 3. The first-order valence-electron chi connectivity index (χ1n) is 12.8. The van der Waals surface area contributed by atoms with E-state index in [1.165, 1.54) is 22.3 Å². The first-order valence-corrected chi connectivity index (χ1v) is 12.8. The summed E-state index contributed by atoms with van der Waals surface area (Å²) in [6.45, 7) is 0. The Labute approximate surface area is 215 Å². The van der Waals surface area contributed by atoms with Crippen molar-refractivity contribution < 1.29 is 14.2 Å². The van der Waals surface area contributed by atoms with Crippen LogP contribution >= 0.6 is 0 Å². The molecule has 4 aliphatic rings. The highest BCUT2D eigenvalue weighted by molar-refractivity contribution is 6.00. The van der Waals surface area contributed by atoms with Crippen molar-refractivity contribution in [3.63, 3.8) is 0 Å². The fourth-order valence-corrected chi connectivity index (χ4v) is 6.04. The van der Waals surface area contributed by atoms with Gasteiger partial charge in [0.2, 0.25) is 11.8 Å². The second-order valence-electron chi connectivity index (χ2n) is 9.97. The van der Waals surface area contributed by atoms with E-state index in [-0.39, 0.29) is 24.3 Å². The SMILES string of the molecule is c1ccc2c(c1)C[C@@H]1OC(c3ccccc3Oc3ccccc3C3=N[C@@H]4c5ccccc5C[C@@H]4O3)=N[C@H]21. The van der Waals surface area contributed by atoms with E-state index in [1.807, 2.05) is 48.5 Å². The lowest BCUT2D eigenvalue weighted by molar-refractivity contribution is 0.206. The number of fused-ring (bicyclic) bond motifs is 6. The summed E-state index contributed by atoms with van der Waals surface area (Å²) in [7, 11) is 0. The molecule has 5 heteroatoms. The highest BCUT2D eigenvalue weighted by Gasteiger charge is 2.41. The first-order chi connectivity index (χ1) is 18.3. The molecule has 4 aromatic carbocycles. The van der Waals surface area contributed by atoms with Crippen molar-refractivity contribution in [3.8, 4) is 11.5 Å². The molecule has 37 heavy (non-hydrogen) atoms. The summed E-state index contributed by atoms with van der Waals surface area (Å²) in [5, 5.41) is 0. The van der Waals surface area contributed by atoms with E-state index in [1.54, 1.807) is 0 Å². The maximum absolute atomic E-state index is 6.53. The summed E-state index contributed by atoms with van der Waals surface area (Å²) in [6.07, 6.45) is 1.83. The molecule has 8 rings (SSSR count). The van der Waals surface area contributed by atoms with Gasteiger partial charge in [-0.15, -0.1) is 0 Å². The third kappa shape index (κ3) is 3.30.